The first kappa shape index (κ1) is 36.8. The molecule has 12 nitrogen and oxygen atoms in total. The maximum Gasteiger partial charge on any atom is 0.330 e. The van der Waals surface area contributed by atoms with Crippen molar-refractivity contribution in [2.24, 2.45) is 11.8 Å². The van der Waals surface area contributed by atoms with Gasteiger partial charge in [0.25, 0.3) is 5.91 Å². The van der Waals surface area contributed by atoms with Gasteiger partial charge >= 0.3 is 11.9 Å². The normalized spacial score (nSPS) is 28.2. The van der Waals surface area contributed by atoms with Crippen molar-refractivity contribution in [2.75, 3.05) is 18.8 Å². The number of carboxylic acid groups (broad SMARTS) is 1. The number of fused-ring (bicyclic) bond motifs is 3. The topological polar surface area (TPSA) is 176 Å². The molecule has 0 spiro atoms. The smallest absolute Gasteiger partial charge is 0.330 e. The maximum absolute atomic E-state index is 13.9. The van der Waals surface area contributed by atoms with Crippen LogP contribution in [0.15, 0.2) is 46.8 Å². The quantitative estimate of drug-likeness (QED) is 0.287. The van der Waals surface area contributed by atoms with Crippen molar-refractivity contribution in [1.29, 1.82) is 0 Å². The Morgan fingerprint density at radius 2 is 1.96 bits per heavy atom. The van der Waals surface area contributed by atoms with Crippen molar-refractivity contribution in [3.63, 3.8) is 0 Å². The second kappa shape index (κ2) is 17.8. The number of ketones is 2. The second-order valence-corrected chi connectivity index (χ2v) is 13.4. The van der Waals surface area contributed by atoms with E-state index in [2.05, 4.69) is 10.3 Å². The molecule has 5 atom stereocenters. The monoisotopic (exact) mass is 659 g/mol. The van der Waals surface area contributed by atoms with Crippen molar-refractivity contribution < 1.29 is 43.3 Å². The minimum atomic E-state index is -1.05. The predicted molar refractivity (Wildman–Crippen MR) is 172 cm³/mol. The van der Waals surface area contributed by atoms with Crippen LogP contribution in [-0.4, -0.2) is 91.9 Å². The Labute approximate surface area is 273 Å². The van der Waals surface area contributed by atoms with Gasteiger partial charge in [0.1, 0.15) is 24.2 Å². The van der Waals surface area contributed by atoms with Gasteiger partial charge in [0.15, 0.2) is 11.5 Å². The van der Waals surface area contributed by atoms with E-state index < -0.39 is 36.1 Å². The molecule has 46 heavy (non-hydrogen) atoms. The number of hydrogen-bond acceptors (Lipinski definition) is 11. The Morgan fingerprint density at radius 1 is 1.20 bits per heavy atom. The minimum absolute atomic E-state index is 0.0246. The number of rotatable bonds is 7. The number of aliphatic hydroxyl groups is 1. The molecule has 0 radical (unpaired) electrons. The number of amides is 1. The fourth-order valence-corrected chi connectivity index (χ4v) is 6.81. The van der Waals surface area contributed by atoms with Crippen LogP contribution in [0.4, 0.5) is 0 Å². The summed E-state index contributed by atoms with van der Waals surface area (Å²) in [5.41, 5.74) is 0.639. The highest BCUT2D eigenvalue weighted by Crippen LogP contribution is 2.33. The lowest BCUT2D eigenvalue weighted by atomic mass is 9.93. The SMILES string of the molecule is CC1=C\[C@@H](O)CC(=O)Cc2nc(co2)C(=O)N2CC[C@@H](SCCCCC(=O)O)[C@@H]2C(=O)O[C@H](C(C)C)[C@H](C)/C=C/C(=O)CN\C=C\1. The molecule has 3 rings (SSSR count). The van der Waals surface area contributed by atoms with E-state index in [1.807, 2.05) is 20.8 Å². The largest absolute Gasteiger partial charge is 0.481 e. The summed E-state index contributed by atoms with van der Waals surface area (Å²) >= 11 is 1.51. The number of carbonyl (C=O) groups is 5. The summed E-state index contributed by atoms with van der Waals surface area (Å²) in [4.78, 5) is 69.2. The number of cyclic esters (lactones) is 1. The van der Waals surface area contributed by atoms with E-state index >= 15 is 0 Å². The van der Waals surface area contributed by atoms with Crippen molar-refractivity contribution in [3.8, 4) is 0 Å². The number of aromatic nitrogens is 1. The number of carboxylic acids is 1. The van der Waals surface area contributed by atoms with Crippen LogP contribution in [0.3, 0.4) is 0 Å². The highest BCUT2D eigenvalue weighted by Gasteiger charge is 2.45. The van der Waals surface area contributed by atoms with E-state index in [0.717, 1.165) is 6.26 Å². The van der Waals surface area contributed by atoms with Gasteiger partial charge in [-0.2, -0.15) is 11.8 Å². The summed E-state index contributed by atoms with van der Waals surface area (Å²) in [5.74, 6) is -2.26. The number of carbonyl (C=O) groups excluding carboxylic acids is 4. The fourth-order valence-electron chi connectivity index (χ4n) is 5.42. The number of ether oxygens (including phenoxy) is 1. The van der Waals surface area contributed by atoms with E-state index in [9.17, 15) is 29.1 Å². The molecule has 252 valence electrons. The fraction of sp³-hybridized carbons (Fsp3) is 0.576. The minimum Gasteiger partial charge on any atom is -0.481 e. The third-order valence-corrected chi connectivity index (χ3v) is 9.17. The Morgan fingerprint density at radius 3 is 2.67 bits per heavy atom. The van der Waals surface area contributed by atoms with Crippen LogP contribution in [-0.2, 0) is 30.3 Å². The molecule has 1 amide bonds. The standard InChI is InChI=1S/C33H45N3O9S/c1-20(2)31-22(4)8-9-23(37)18-34-12-10-21(3)15-24(38)16-25(39)17-28-35-26(19-44-28)32(42)36-13-11-27(30(36)33(43)45-31)46-14-6-5-7-29(40)41/h8-10,12,15,19-20,22,24,27,30-31,34,38H,5-7,11,13-14,16-18H2,1-4H3,(H,40,41)/b9-8+,12-10+,21-15+/t22-,24-,27-,30-,31-/m1/s1. The number of oxazole rings is 1. The molecule has 1 aromatic rings. The third-order valence-electron chi connectivity index (χ3n) is 7.73. The lowest BCUT2D eigenvalue weighted by Gasteiger charge is -2.31. The molecule has 2 bridgehead atoms. The van der Waals surface area contributed by atoms with E-state index in [0.29, 0.717) is 30.6 Å². The van der Waals surface area contributed by atoms with Crippen molar-refractivity contribution >= 4 is 41.2 Å². The molecule has 1 saturated heterocycles. The lowest BCUT2D eigenvalue weighted by molar-refractivity contribution is -0.157. The van der Waals surface area contributed by atoms with Crippen LogP contribution >= 0.6 is 11.8 Å². The van der Waals surface area contributed by atoms with Gasteiger partial charge in [-0.1, -0.05) is 38.5 Å². The maximum atomic E-state index is 13.9. The average molecular weight is 660 g/mol. The number of unbranched alkanes of at least 4 members (excludes halogenated alkanes) is 1. The van der Waals surface area contributed by atoms with Crippen molar-refractivity contribution in [1.82, 2.24) is 15.2 Å². The Kier molecular flexibility index (Phi) is 14.3. The number of Topliss-reactive ketones (excluding diaryl/α,β-unsaturated/α-hetero) is 1. The summed E-state index contributed by atoms with van der Waals surface area (Å²) in [7, 11) is 0. The molecule has 13 heteroatoms. The lowest BCUT2D eigenvalue weighted by Crippen LogP contribution is -2.47. The number of nitrogens with zero attached hydrogens (tertiary/aromatic N) is 2. The van der Waals surface area contributed by atoms with Crippen LogP contribution < -0.4 is 5.32 Å². The van der Waals surface area contributed by atoms with Gasteiger partial charge in [0, 0.05) is 30.6 Å². The first-order valence-corrected chi connectivity index (χ1v) is 16.7. The van der Waals surface area contributed by atoms with E-state index in [1.165, 1.54) is 28.8 Å². The number of nitrogens with one attached hydrogen (secondary N) is 1. The van der Waals surface area contributed by atoms with Crippen molar-refractivity contribution in [3.05, 3.63) is 53.9 Å². The highest BCUT2D eigenvalue weighted by molar-refractivity contribution is 8.00. The Balaban J connectivity index is 1.89. The summed E-state index contributed by atoms with van der Waals surface area (Å²) in [5, 5.41) is 21.9. The number of hydrogen-bond donors (Lipinski definition) is 3. The molecule has 2 aliphatic rings. The van der Waals surface area contributed by atoms with Gasteiger partial charge < -0.3 is 29.6 Å². The van der Waals surface area contributed by atoms with Gasteiger partial charge in [-0.15, -0.1) is 0 Å². The van der Waals surface area contributed by atoms with Crippen LogP contribution in [0.2, 0.25) is 0 Å². The number of aliphatic carboxylic acids is 1. The second-order valence-electron chi connectivity index (χ2n) is 12.1. The zero-order chi connectivity index (χ0) is 33.8. The zero-order valence-corrected chi connectivity index (χ0v) is 27.7. The number of thioether (sulfide) groups is 1. The van der Waals surface area contributed by atoms with E-state index in [1.54, 1.807) is 25.3 Å². The zero-order valence-electron chi connectivity index (χ0n) is 26.8. The summed E-state index contributed by atoms with van der Waals surface area (Å²) in [6, 6.07) is -0.930. The molecule has 0 saturated carbocycles. The van der Waals surface area contributed by atoms with Crippen LogP contribution in [0, 0.1) is 11.8 Å². The van der Waals surface area contributed by atoms with Gasteiger partial charge in [-0.3, -0.25) is 19.2 Å². The summed E-state index contributed by atoms with van der Waals surface area (Å²) < 4.78 is 11.5. The summed E-state index contributed by atoms with van der Waals surface area (Å²) in [6.45, 7) is 7.75. The Hall–Kier alpha value is -3.71. The van der Waals surface area contributed by atoms with Gasteiger partial charge in [0.05, 0.1) is 19.1 Å². The number of esters is 1. The molecular formula is C33H45N3O9S. The molecular weight excluding hydrogens is 614 g/mol. The molecule has 0 unspecified atom stereocenters. The molecule has 0 aromatic carbocycles. The van der Waals surface area contributed by atoms with Crippen LogP contribution in [0.5, 0.6) is 0 Å². The molecule has 1 fully saturated rings. The first-order chi connectivity index (χ1) is 21.8. The van der Waals surface area contributed by atoms with Gasteiger partial charge in [-0.25, -0.2) is 9.78 Å². The number of allylic oxidation sites excluding steroid dienone is 2. The molecule has 3 N–H and O–H groups in total. The van der Waals surface area contributed by atoms with Crippen LogP contribution in [0.25, 0.3) is 0 Å². The molecule has 3 heterocycles. The summed E-state index contributed by atoms with van der Waals surface area (Å²) in [6.07, 6.45) is 8.80. The van der Waals surface area contributed by atoms with Crippen molar-refractivity contribution in [2.45, 2.75) is 89.7 Å². The first-order valence-electron chi connectivity index (χ1n) is 15.6. The molecule has 2 aliphatic heterocycles. The third kappa shape index (κ3) is 11.3. The van der Waals surface area contributed by atoms with Gasteiger partial charge in [0.2, 0.25) is 5.89 Å². The number of aliphatic hydroxyl groups excluding tert-OH is 1. The molecule has 1 aromatic heterocycles. The average Bonchev–Trinajstić information content (AvgIpc) is 3.62. The predicted octanol–water partition coefficient (Wildman–Crippen LogP) is 3.50. The van der Waals surface area contributed by atoms with Crippen LogP contribution in [0.1, 0.15) is 76.2 Å². The van der Waals surface area contributed by atoms with E-state index in [4.69, 9.17) is 14.3 Å². The molecule has 0 aliphatic carbocycles. The van der Waals surface area contributed by atoms with E-state index in [-0.39, 0.29) is 72.6 Å². The van der Waals surface area contributed by atoms with Gasteiger partial charge in [-0.05, 0) is 56.2 Å². The highest BCUT2D eigenvalue weighted by atomic mass is 32.2. The Bertz CT molecular complexity index is 1340.